The first-order valence-corrected chi connectivity index (χ1v) is 7.44. The highest BCUT2D eigenvalue weighted by Crippen LogP contribution is 2.36. The van der Waals surface area contributed by atoms with Crippen LogP contribution in [0.3, 0.4) is 0 Å². The minimum atomic E-state index is 0.160. The first kappa shape index (κ1) is 13.3. The molecule has 0 radical (unpaired) electrons. The molecule has 0 saturated heterocycles. The maximum absolute atomic E-state index is 11.4. The number of thiazole rings is 1. The van der Waals surface area contributed by atoms with Crippen molar-refractivity contribution in [1.29, 1.82) is 0 Å². The topological polar surface area (TPSA) is 68.0 Å². The number of nitrogens with zero attached hydrogens (tertiary/aromatic N) is 1. The fourth-order valence-electron chi connectivity index (χ4n) is 2.65. The smallest absolute Gasteiger partial charge is 0.219 e. The number of nitrogen functional groups attached to an aromatic ring is 1. The summed E-state index contributed by atoms with van der Waals surface area (Å²) in [6.45, 7) is 3.98. The van der Waals surface area contributed by atoms with Gasteiger partial charge in [0.05, 0.1) is 5.69 Å². The summed E-state index contributed by atoms with van der Waals surface area (Å²) in [6, 6.07) is 0.352. The van der Waals surface area contributed by atoms with Gasteiger partial charge < -0.3 is 11.1 Å². The molecule has 1 amide bonds. The van der Waals surface area contributed by atoms with Crippen LogP contribution in [0.5, 0.6) is 0 Å². The summed E-state index contributed by atoms with van der Waals surface area (Å²) in [5.74, 6) is 0.681. The number of nitrogens with one attached hydrogen (secondary N) is 1. The zero-order valence-electron chi connectivity index (χ0n) is 11.0. The lowest BCUT2D eigenvalue weighted by Gasteiger charge is -2.28. The fraction of sp³-hybridized carbons (Fsp3) is 0.692. The molecule has 3 N–H and O–H groups in total. The number of rotatable bonds is 3. The molecule has 0 atom stereocenters. The molecular weight excluding hydrogens is 246 g/mol. The Labute approximate surface area is 112 Å². The Bertz CT molecular complexity index is 422. The van der Waals surface area contributed by atoms with Crippen molar-refractivity contribution in [3.63, 3.8) is 0 Å². The predicted octanol–water partition coefficient (Wildman–Crippen LogP) is 2.59. The highest BCUT2D eigenvalue weighted by Gasteiger charge is 2.25. The SMILES string of the molecule is CCC(=O)NC1CCC(c2nc(N)sc2C)CC1. The molecule has 0 unspecified atom stereocenters. The first-order chi connectivity index (χ1) is 8.60. The molecule has 0 spiro atoms. The van der Waals surface area contributed by atoms with Crippen LogP contribution < -0.4 is 11.1 Å². The van der Waals surface area contributed by atoms with E-state index in [9.17, 15) is 4.79 Å². The van der Waals surface area contributed by atoms with Crippen molar-refractivity contribution in [2.24, 2.45) is 0 Å². The summed E-state index contributed by atoms with van der Waals surface area (Å²) >= 11 is 1.57. The summed E-state index contributed by atoms with van der Waals surface area (Å²) in [5.41, 5.74) is 6.93. The van der Waals surface area contributed by atoms with E-state index in [2.05, 4.69) is 17.2 Å². The lowest BCUT2D eigenvalue weighted by molar-refractivity contribution is -0.121. The predicted molar refractivity (Wildman–Crippen MR) is 74.7 cm³/mol. The number of hydrogen-bond donors (Lipinski definition) is 2. The Morgan fingerprint density at radius 3 is 2.61 bits per heavy atom. The van der Waals surface area contributed by atoms with Gasteiger partial charge in [0.2, 0.25) is 5.91 Å². The van der Waals surface area contributed by atoms with E-state index >= 15 is 0 Å². The molecule has 0 aliphatic heterocycles. The summed E-state index contributed by atoms with van der Waals surface area (Å²) in [4.78, 5) is 17.0. The molecule has 5 heteroatoms. The Morgan fingerprint density at radius 2 is 2.11 bits per heavy atom. The van der Waals surface area contributed by atoms with Crippen LogP contribution in [0.1, 0.15) is 55.5 Å². The van der Waals surface area contributed by atoms with Gasteiger partial charge in [0.25, 0.3) is 0 Å². The Morgan fingerprint density at radius 1 is 1.44 bits per heavy atom. The number of carbonyl (C=O) groups is 1. The molecule has 0 aromatic carbocycles. The van der Waals surface area contributed by atoms with Gasteiger partial charge >= 0.3 is 0 Å². The van der Waals surface area contributed by atoms with Gasteiger partial charge in [0.15, 0.2) is 5.13 Å². The number of aromatic nitrogens is 1. The minimum absolute atomic E-state index is 0.160. The quantitative estimate of drug-likeness (QED) is 0.884. The van der Waals surface area contributed by atoms with E-state index in [0.29, 0.717) is 23.5 Å². The largest absolute Gasteiger partial charge is 0.375 e. The Hall–Kier alpha value is -1.10. The number of nitrogens with two attached hydrogens (primary N) is 1. The third-order valence-electron chi connectivity index (χ3n) is 3.65. The molecule has 0 bridgehead atoms. The zero-order chi connectivity index (χ0) is 13.1. The molecule has 100 valence electrons. The second kappa shape index (κ2) is 5.69. The number of amides is 1. The van der Waals surface area contributed by atoms with Gasteiger partial charge in [-0.05, 0) is 32.6 Å². The molecule has 1 aromatic rings. The van der Waals surface area contributed by atoms with E-state index < -0.39 is 0 Å². The molecule has 4 nitrogen and oxygen atoms in total. The van der Waals surface area contributed by atoms with Crippen LogP contribution in [-0.2, 0) is 4.79 Å². The van der Waals surface area contributed by atoms with Crippen molar-refractivity contribution in [2.75, 3.05) is 5.73 Å². The molecule has 1 aliphatic carbocycles. The summed E-state index contributed by atoms with van der Waals surface area (Å²) < 4.78 is 0. The van der Waals surface area contributed by atoms with Gasteiger partial charge in [-0.15, -0.1) is 11.3 Å². The summed E-state index contributed by atoms with van der Waals surface area (Å²) in [7, 11) is 0. The van der Waals surface area contributed by atoms with E-state index in [1.165, 1.54) is 10.6 Å². The molecule has 18 heavy (non-hydrogen) atoms. The third-order valence-corrected chi connectivity index (χ3v) is 4.46. The molecule has 1 aromatic heterocycles. The van der Waals surface area contributed by atoms with Crippen LogP contribution in [0, 0.1) is 6.92 Å². The average molecular weight is 267 g/mol. The molecule has 1 aliphatic rings. The van der Waals surface area contributed by atoms with Crippen molar-refractivity contribution in [1.82, 2.24) is 10.3 Å². The highest BCUT2D eigenvalue weighted by atomic mass is 32.1. The molecule has 1 fully saturated rings. The number of anilines is 1. The van der Waals surface area contributed by atoms with Crippen LogP contribution in [0.4, 0.5) is 5.13 Å². The molecular formula is C13H21N3OS. The number of carbonyl (C=O) groups excluding carboxylic acids is 1. The highest BCUT2D eigenvalue weighted by molar-refractivity contribution is 7.15. The standard InChI is InChI=1S/C13H21N3OS/c1-3-11(17)15-10-6-4-9(5-7-10)12-8(2)18-13(14)16-12/h9-10H,3-7H2,1-2H3,(H2,14,16)(H,15,17). The van der Waals surface area contributed by atoms with Crippen molar-refractivity contribution in [2.45, 2.75) is 57.9 Å². The monoisotopic (exact) mass is 267 g/mol. The van der Waals surface area contributed by atoms with Crippen molar-refractivity contribution in [3.8, 4) is 0 Å². The first-order valence-electron chi connectivity index (χ1n) is 6.62. The number of aryl methyl sites for hydroxylation is 1. The lowest BCUT2D eigenvalue weighted by Crippen LogP contribution is -2.36. The zero-order valence-corrected chi connectivity index (χ0v) is 11.8. The molecule has 1 heterocycles. The van der Waals surface area contributed by atoms with Gasteiger partial charge in [0, 0.05) is 23.3 Å². The average Bonchev–Trinajstić information content (AvgIpc) is 2.69. The van der Waals surface area contributed by atoms with E-state index in [4.69, 9.17) is 5.73 Å². The Kier molecular flexibility index (Phi) is 4.22. The summed E-state index contributed by atoms with van der Waals surface area (Å²) in [6.07, 6.45) is 4.86. The van der Waals surface area contributed by atoms with Gasteiger partial charge in [-0.25, -0.2) is 4.98 Å². The van der Waals surface area contributed by atoms with Gasteiger partial charge in [0.1, 0.15) is 0 Å². The molecule has 2 rings (SSSR count). The van der Waals surface area contributed by atoms with Crippen molar-refractivity contribution < 1.29 is 4.79 Å². The van der Waals surface area contributed by atoms with E-state index in [-0.39, 0.29) is 5.91 Å². The Balaban J connectivity index is 1.90. The second-order valence-corrected chi connectivity index (χ2v) is 6.20. The van der Waals surface area contributed by atoms with Crippen molar-refractivity contribution >= 4 is 22.4 Å². The second-order valence-electron chi connectivity index (χ2n) is 4.96. The van der Waals surface area contributed by atoms with Crippen LogP contribution >= 0.6 is 11.3 Å². The van der Waals surface area contributed by atoms with Crippen LogP contribution in [-0.4, -0.2) is 16.9 Å². The normalized spacial score (nSPS) is 23.9. The minimum Gasteiger partial charge on any atom is -0.375 e. The van der Waals surface area contributed by atoms with Gasteiger partial charge in [-0.3, -0.25) is 4.79 Å². The van der Waals surface area contributed by atoms with Gasteiger partial charge in [-0.1, -0.05) is 6.92 Å². The maximum Gasteiger partial charge on any atom is 0.219 e. The lowest BCUT2D eigenvalue weighted by atomic mass is 9.83. The van der Waals surface area contributed by atoms with Crippen LogP contribution in [0.2, 0.25) is 0 Å². The molecule has 1 saturated carbocycles. The van der Waals surface area contributed by atoms with E-state index in [0.717, 1.165) is 25.7 Å². The third kappa shape index (κ3) is 3.02. The van der Waals surface area contributed by atoms with E-state index in [1.807, 2.05) is 6.92 Å². The van der Waals surface area contributed by atoms with Crippen LogP contribution in [0.25, 0.3) is 0 Å². The van der Waals surface area contributed by atoms with Gasteiger partial charge in [-0.2, -0.15) is 0 Å². The summed E-state index contributed by atoms with van der Waals surface area (Å²) in [5, 5.41) is 3.75. The van der Waals surface area contributed by atoms with Crippen LogP contribution in [0.15, 0.2) is 0 Å². The maximum atomic E-state index is 11.4. The van der Waals surface area contributed by atoms with Crippen molar-refractivity contribution in [3.05, 3.63) is 10.6 Å². The number of hydrogen-bond acceptors (Lipinski definition) is 4. The van der Waals surface area contributed by atoms with E-state index in [1.54, 1.807) is 11.3 Å². The fourth-order valence-corrected chi connectivity index (χ4v) is 3.42.